The van der Waals surface area contributed by atoms with Crippen LogP contribution in [0.2, 0.25) is 0 Å². The van der Waals surface area contributed by atoms with Crippen LogP contribution >= 0.6 is 11.8 Å². The molecule has 2 N–H and O–H groups in total. The lowest BCUT2D eigenvalue weighted by atomic mass is 10.3. The van der Waals surface area contributed by atoms with Gasteiger partial charge in [0.25, 0.3) is 0 Å². The fourth-order valence-electron chi connectivity index (χ4n) is 1.99. The van der Waals surface area contributed by atoms with Crippen LogP contribution in [0.5, 0.6) is 0 Å². The van der Waals surface area contributed by atoms with Gasteiger partial charge in [-0.15, -0.1) is 11.8 Å². The van der Waals surface area contributed by atoms with Crippen molar-refractivity contribution in [3.63, 3.8) is 0 Å². The van der Waals surface area contributed by atoms with Gasteiger partial charge in [0.05, 0.1) is 5.69 Å². The van der Waals surface area contributed by atoms with Crippen molar-refractivity contribution in [2.75, 3.05) is 16.9 Å². The first kappa shape index (κ1) is 14.4. The summed E-state index contributed by atoms with van der Waals surface area (Å²) in [5.74, 6) is 2.17. The lowest BCUT2D eigenvalue weighted by Gasteiger charge is -2.10. The summed E-state index contributed by atoms with van der Waals surface area (Å²) < 4.78 is 1.73. The fraction of sp³-hybridized carbons (Fsp3) is 0.133. The molecule has 0 aliphatic carbocycles. The summed E-state index contributed by atoms with van der Waals surface area (Å²) in [6.45, 7) is 0. The van der Waals surface area contributed by atoms with Crippen LogP contribution in [0.4, 0.5) is 23.1 Å². The zero-order valence-corrected chi connectivity index (χ0v) is 13.1. The molecule has 6 nitrogen and oxygen atoms in total. The van der Waals surface area contributed by atoms with Crippen molar-refractivity contribution in [2.24, 2.45) is 7.05 Å². The van der Waals surface area contributed by atoms with E-state index in [1.54, 1.807) is 16.4 Å². The highest BCUT2D eigenvalue weighted by Gasteiger charge is 2.04. The van der Waals surface area contributed by atoms with Gasteiger partial charge in [0.2, 0.25) is 0 Å². The maximum absolute atomic E-state index is 4.27. The predicted molar refractivity (Wildman–Crippen MR) is 90.0 cm³/mol. The normalized spacial score (nSPS) is 10.5. The first-order valence-electron chi connectivity index (χ1n) is 6.73. The topological polar surface area (TPSA) is 67.7 Å². The second-order valence-electron chi connectivity index (χ2n) is 4.61. The highest BCUT2D eigenvalue weighted by Crippen LogP contribution is 2.27. The van der Waals surface area contributed by atoms with Crippen LogP contribution in [0.1, 0.15) is 0 Å². The van der Waals surface area contributed by atoms with Crippen molar-refractivity contribution >= 4 is 34.9 Å². The minimum absolute atomic E-state index is 0.692. The lowest BCUT2D eigenvalue weighted by molar-refractivity contribution is 0.771. The molecular weight excluding hydrogens is 296 g/mol. The number of hydrogen-bond donors (Lipinski definition) is 2. The van der Waals surface area contributed by atoms with Crippen LogP contribution in [-0.2, 0) is 7.05 Å². The van der Waals surface area contributed by atoms with Crippen molar-refractivity contribution in [1.29, 1.82) is 0 Å². The maximum Gasteiger partial charge on any atom is 0.153 e. The molecule has 0 amide bonds. The quantitative estimate of drug-likeness (QED) is 0.704. The summed E-state index contributed by atoms with van der Waals surface area (Å²) in [6.07, 6.45) is 5.45. The van der Waals surface area contributed by atoms with Gasteiger partial charge in [0.15, 0.2) is 5.82 Å². The van der Waals surface area contributed by atoms with Crippen molar-refractivity contribution in [3.8, 4) is 0 Å². The average molecular weight is 312 g/mol. The molecule has 0 fully saturated rings. The van der Waals surface area contributed by atoms with E-state index in [1.807, 2.05) is 43.6 Å². The molecule has 0 unspecified atom stereocenters. The van der Waals surface area contributed by atoms with Crippen LogP contribution in [0, 0.1) is 0 Å². The Labute approximate surface area is 133 Å². The molecule has 3 aromatic rings. The molecular formula is C15H16N6S. The van der Waals surface area contributed by atoms with Gasteiger partial charge in [-0.25, -0.2) is 9.97 Å². The summed E-state index contributed by atoms with van der Waals surface area (Å²) in [7, 11) is 1.87. The molecule has 0 aliphatic heterocycles. The summed E-state index contributed by atoms with van der Waals surface area (Å²) in [4.78, 5) is 9.64. The van der Waals surface area contributed by atoms with E-state index in [9.17, 15) is 0 Å². The summed E-state index contributed by atoms with van der Waals surface area (Å²) in [5.41, 5.74) is 1.03. The van der Waals surface area contributed by atoms with Gasteiger partial charge in [-0.2, -0.15) is 5.10 Å². The third-order valence-electron chi connectivity index (χ3n) is 3.01. The molecule has 0 aliphatic rings. The minimum atomic E-state index is 0.692. The molecule has 0 saturated carbocycles. The van der Waals surface area contributed by atoms with Crippen molar-refractivity contribution in [2.45, 2.75) is 4.90 Å². The number of para-hydroxylation sites is 1. The van der Waals surface area contributed by atoms with Crippen molar-refractivity contribution in [3.05, 3.63) is 48.9 Å². The molecule has 112 valence electrons. The Morgan fingerprint density at radius 2 is 1.77 bits per heavy atom. The van der Waals surface area contributed by atoms with E-state index >= 15 is 0 Å². The van der Waals surface area contributed by atoms with Crippen molar-refractivity contribution in [1.82, 2.24) is 19.7 Å². The molecule has 2 aromatic heterocycles. The Morgan fingerprint density at radius 1 is 1.00 bits per heavy atom. The van der Waals surface area contributed by atoms with E-state index < -0.39 is 0 Å². The molecule has 3 rings (SSSR count). The third kappa shape index (κ3) is 3.37. The highest BCUT2D eigenvalue weighted by atomic mass is 32.2. The monoisotopic (exact) mass is 312 g/mol. The van der Waals surface area contributed by atoms with E-state index in [4.69, 9.17) is 0 Å². The van der Waals surface area contributed by atoms with Crippen LogP contribution in [0.3, 0.4) is 0 Å². The number of nitrogens with zero attached hydrogens (tertiary/aromatic N) is 4. The SMILES string of the molecule is CSc1ccccc1Nc1cc(Nc2ccn(C)n2)ncn1. The number of hydrogen-bond acceptors (Lipinski definition) is 6. The average Bonchev–Trinajstić information content (AvgIpc) is 2.93. The Morgan fingerprint density at radius 3 is 2.50 bits per heavy atom. The summed E-state index contributed by atoms with van der Waals surface area (Å²) >= 11 is 1.69. The molecule has 2 heterocycles. The highest BCUT2D eigenvalue weighted by molar-refractivity contribution is 7.98. The molecule has 0 spiro atoms. The number of aryl methyl sites for hydroxylation is 1. The van der Waals surface area contributed by atoms with Gasteiger partial charge in [-0.3, -0.25) is 4.68 Å². The standard InChI is InChI=1S/C15H16N6S/c1-21-8-7-13(20-21)19-15-9-14(16-10-17-15)18-11-5-3-4-6-12(11)22-2/h3-10H,1-2H3,(H2,16,17,18,19,20). The lowest BCUT2D eigenvalue weighted by Crippen LogP contribution is -2.00. The van der Waals surface area contributed by atoms with Crippen LogP contribution in [0.15, 0.2) is 53.8 Å². The van der Waals surface area contributed by atoms with Crippen LogP contribution in [-0.4, -0.2) is 26.0 Å². The number of aromatic nitrogens is 4. The van der Waals surface area contributed by atoms with Crippen LogP contribution in [0.25, 0.3) is 0 Å². The number of nitrogens with one attached hydrogen (secondary N) is 2. The second kappa shape index (κ2) is 6.48. The molecule has 7 heteroatoms. The molecule has 1 aromatic carbocycles. The number of thioether (sulfide) groups is 1. The predicted octanol–water partition coefficient (Wildman–Crippen LogP) is 3.42. The summed E-state index contributed by atoms with van der Waals surface area (Å²) in [5, 5.41) is 10.7. The van der Waals surface area contributed by atoms with Gasteiger partial charge in [0.1, 0.15) is 18.0 Å². The Kier molecular flexibility index (Phi) is 4.24. The molecule has 0 radical (unpaired) electrons. The largest absolute Gasteiger partial charge is 0.339 e. The number of benzene rings is 1. The smallest absolute Gasteiger partial charge is 0.153 e. The van der Waals surface area contributed by atoms with Gasteiger partial charge in [0, 0.05) is 30.3 Å². The third-order valence-corrected chi connectivity index (χ3v) is 3.80. The fourth-order valence-corrected chi connectivity index (χ4v) is 2.55. The van der Waals surface area contributed by atoms with Crippen molar-refractivity contribution < 1.29 is 0 Å². The Balaban J connectivity index is 1.79. The first-order valence-corrected chi connectivity index (χ1v) is 7.96. The zero-order chi connectivity index (χ0) is 15.4. The van der Waals surface area contributed by atoms with Gasteiger partial charge >= 0.3 is 0 Å². The molecule has 0 atom stereocenters. The van der Waals surface area contributed by atoms with E-state index in [0.717, 1.165) is 17.3 Å². The number of anilines is 4. The maximum atomic E-state index is 4.27. The molecule has 0 saturated heterocycles. The van der Waals surface area contributed by atoms with Gasteiger partial charge < -0.3 is 10.6 Å². The Hall–Kier alpha value is -2.54. The van der Waals surface area contributed by atoms with E-state index in [-0.39, 0.29) is 0 Å². The van der Waals surface area contributed by atoms with Gasteiger partial charge in [-0.05, 0) is 18.4 Å². The number of rotatable bonds is 5. The minimum Gasteiger partial charge on any atom is -0.339 e. The first-order chi connectivity index (χ1) is 10.7. The zero-order valence-electron chi connectivity index (χ0n) is 12.3. The summed E-state index contributed by atoms with van der Waals surface area (Å²) in [6, 6.07) is 11.9. The van der Waals surface area contributed by atoms with E-state index in [2.05, 4.69) is 38.0 Å². The van der Waals surface area contributed by atoms with E-state index in [0.29, 0.717) is 5.82 Å². The van der Waals surface area contributed by atoms with E-state index in [1.165, 1.54) is 11.2 Å². The van der Waals surface area contributed by atoms with Gasteiger partial charge in [-0.1, -0.05) is 12.1 Å². The molecule has 0 bridgehead atoms. The van der Waals surface area contributed by atoms with Crippen LogP contribution < -0.4 is 10.6 Å². The Bertz CT molecular complexity index is 770. The molecule has 22 heavy (non-hydrogen) atoms. The second-order valence-corrected chi connectivity index (χ2v) is 5.46.